The van der Waals surface area contributed by atoms with Crippen LogP contribution in [0.4, 0.5) is 0 Å². The van der Waals surface area contributed by atoms with Gasteiger partial charge in [0.2, 0.25) is 0 Å². The van der Waals surface area contributed by atoms with Crippen LogP contribution < -0.4 is 26.3 Å². The summed E-state index contributed by atoms with van der Waals surface area (Å²) in [7, 11) is -5.24. The molecule has 47 heavy (non-hydrogen) atoms. The van der Waals surface area contributed by atoms with Gasteiger partial charge in [0.15, 0.2) is 24.6 Å². The molecule has 1 aliphatic heterocycles. The molecular weight excluding hydrogens is 610 g/mol. The van der Waals surface area contributed by atoms with Crippen LogP contribution in [0.3, 0.4) is 0 Å². The molecule has 0 spiro atoms. The number of aromatic nitrogens is 3. The van der Waals surface area contributed by atoms with Crippen LogP contribution in [0.5, 0.6) is 0 Å². The minimum absolute atomic E-state index is 0.606. The Bertz CT molecular complexity index is 2250. The van der Waals surface area contributed by atoms with Gasteiger partial charge in [-0.1, -0.05) is 159 Å². The van der Waals surface area contributed by atoms with E-state index in [2.05, 4.69) is 61.6 Å². The predicted octanol–water partition coefficient (Wildman–Crippen LogP) is 7.32. The van der Waals surface area contributed by atoms with Gasteiger partial charge in [-0.25, -0.2) is 15.0 Å². The summed E-state index contributed by atoms with van der Waals surface area (Å²) in [5.74, 6) is 1.86. The maximum Gasteiger partial charge on any atom is 0.170 e. The molecule has 8 rings (SSSR count). The van der Waals surface area contributed by atoms with Crippen LogP contribution in [0.1, 0.15) is 0 Å². The van der Waals surface area contributed by atoms with E-state index in [1.165, 1.54) is 10.4 Å². The van der Waals surface area contributed by atoms with Gasteiger partial charge in [0, 0.05) is 32.6 Å². The Hall–Kier alpha value is -5.22. The standard InChI is InChI=1S/C41H32N3OPSi/c1-47(2)37-24-13-12-23-35(37)46(45,34-21-10-5-11-22-34)36-28-32(25-26-38(36)47)31-19-14-20-33(27-31)41-43-39(29-15-6-3-7-16-29)42-40(44-41)30-17-8-4-9-18-30/h3-28H,1-2H3. The SMILES string of the molecule is C[Si]1(C)c2ccccc2P(=O)(c2ccccc2)c2cc(-c3cccc(-c4nc(-c5ccccc5)nc(-c5ccccc5)n4)c3)ccc21. The fraction of sp³-hybridized carbons (Fsp3) is 0.0488. The monoisotopic (exact) mass is 641 g/mol. The lowest BCUT2D eigenvalue weighted by Crippen LogP contribution is -2.67. The molecule has 0 saturated carbocycles. The van der Waals surface area contributed by atoms with E-state index in [9.17, 15) is 0 Å². The Morgan fingerprint density at radius 3 is 1.53 bits per heavy atom. The Morgan fingerprint density at radius 2 is 0.894 bits per heavy atom. The average Bonchev–Trinajstić information content (AvgIpc) is 3.15. The van der Waals surface area contributed by atoms with Gasteiger partial charge in [0.05, 0.1) is 0 Å². The van der Waals surface area contributed by atoms with Crippen molar-refractivity contribution in [2.75, 3.05) is 0 Å². The third-order valence-electron chi connectivity index (χ3n) is 9.20. The molecule has 0 bridgehead atoms. The summed E-state index contributed by atoms with van der Waals surface area (Å²) in [4.78, 5) is 14.8. The van der Waals surface area contributed by atoms with Crippen molar-refractivity contribution in [3.8, 4) is 45.3 Å². The van der Waals surface area contributed by atoms with Crippen LogP contribution in [0.25, 0.3) is 45.3 Å². The van der Waals surface area contributed by atoms with E-state index in [1.54, 1.807) is 0 Å². The number of nitrogens with zero attached hydrogens (tertiary/aromatic N) is 3. The quantitative estimate of drug-likeness (QED) is 0.146. The highest BCUT2D eigenvalue weighted by atomic mass is 31.2. The molecule has 4 nitrogen and oxygen atoms in total. The highest BCUT2D eigenvalue weighted by molar-refractivity contribution is 7.86. The van der Waals surface area contributed by atoms with Gasteiger partial charge in [-0.2, -0.15) is 0 Å². The summed E-state index contributed by atoms with van der Waals surface area (Å²) in [6.45, 7) is 4.74. The summed E-state index contributed by atoms with van der Waals surface area (Å²) < 4.78 is 15.6. The van der Waals surface area contributed by atoms with Gasteiger partial charge >= 0.3 is 0 Å². The molecule has 1 aromatic heterocycles. The second kappa shape index (κ2) is 11.5. The zero-order chi connectivity index (χ0) is 32.0. The minimum atomic E-state index is -3.12. The first-order valence-electron chi connectivity index (χ1n) is 15.8. The first-order chi connectivity index (χ1) is 22.9. The van der Waals surface area contributed by atoms with E-state index in [0.717, 1.165) is 43.7 Å². The van der Waals surface area contributed by atoms with Crippen LogP contribution >= 0.6 is 7.14 Å². The van der Waals surface area contributed by atoms with Gasteiger partial charge in [-0.05, 0) is 33.6 Å². The van der Waals surface area contributed by atoms with Crippen LogP contribution in [-0.4, -0.2) is 23.0 Å². The van der Waals surface area contributed by atoms with Gasteiger partial charge in [0.25, 0.3) is 0 Å². The van der Waals surface area contributed by atoms with Gasteiger partial charge in [-0.3, -0.25) is 0 Å². The Labute approximate surface area is 276 Å². The summed E-state index contributed by atoms with van der Waals surface area (Å²) in [5.41, 5.74) is 4.80. The highest BCUT2D eigenvalue weighted by Crippen LogP contribution is 2.45. The molecule has 2 heterocycles. The van der Waals surface area contributed by atoms with Gasteiger partial charge in [0.1, 0.15) is 8.07 Å². The lowest BCUT2D eigenvalue weighted by Gasteiger charge is -2.38. The topological polar surface area (TPSA) is 55.7 Å². The van der Waals surface area contributed by atoms with Crippen molar-refractivity contribution in [1.29, 1.82) is 0 Å². The second-order valence-corrected chi connectivity index (χ2v) is 19.5. The number of hydrogen-bond acceptors (Lipinski definition) is 4. The molecule has 0 amide bonds. The molecular formula is C41H32N3OPSi. The van der Waals surface area contributed by atoms with Crippen molar-refractivity contribution >= 4 is 41.5 Å². The molecule has 0 N–H and O–H groups in total. The van der Waals surface area contributed by atoms with Crippen molar-refractivity contribution in [3.63, 3.8) is 0 Å². The van der Waals surface area contributed by atoms with Crippen LogP contribution in [0.2, 0.25) is 13.1 Å². The molecule has 7 aromatic rings. The minimum Gasteiger partial charge on any atom is -0.309 e. The van der Waals surface area contributed by atoms with E-state index >= 15 is 4.57 Å². The maximum absolute atomic E-state index is 15.6. The Kier molecular flexibility index (Phi) is 7.17. The molecule has 0 fully saturated rings. The molecule has 1 atom stereocenters. The average molecular weight is 642 g/mol. The smallest absolute Gasteiger partial charge is 0.170 e. The summed E-state index contributed by atoms with van der Waals surface area (Å²) in [6, 6.07) is 53.4. The van der Waals surface area contributed by atoms with Crippen molar-refractivity contribution in [3.05, 3.63) is 158 Å². The molecule has 6 aromatic carbocycles. The number of hydrogen-bond donors (Lipinski definition) is 0. The molecule has 226 valence electrons. The normalized spacial score (nSPS) is 16.2. The van der Waals surface area contributed by atoms with Crippen LogP contribution in [0.15, 0.2) is 158 Å². The first kappa shape index (κ1) is 29.2. The van der Waals surface area contributed by atoms with Crippen LogP contribution in [0, 0.1) is 0 Å². The van der Waals surface area contributed by atoms with E-state index in [-0.39, 0.29) is 0 Å². The van der Waals surface area contributed by atoms with Gasteiger partial charge in [-0.15, -0.1) is 0 Å². The van der Waals surface area contributed by atoms with Crippen molar-refractivity contribution in [2.45, 2.75) is 13.1 Å². The van der Waals surface area contributed by atoms with Crippen LogP contribution in [-0.2, 0) is 4.57 Å². The summed E-state index contributed by atoms with van der Waals surface area (Å²) in [6.07, 6.45) is 0. The lowest BCUT2D eigenvalue weighted by atomic mass is 10.0. The van der Waals surface area contributed by atoms with E-state index in [0.29, 0.717) is 17.5 Å². The molecule has 0 saturated heterocycles. The zero-order valence-corrected chi connectivity index (χ0v) is 28.1. The van der Waals surface area contributed by atoms with E-state index in [1.807, 2.05) is 109 Å². The maximum atomic E-state index is 15.6. The lowest BCUT2D eigenvalue weighted by molar-refractivity contribution is 0.592. The molecule has 1 aliphatic rings. The number of benzene rings is 6. The second-order valence-electron chi connectivity index (χ2n) is 12.4. The highest BCUT2D eigenvalue weighted by Gasteiger charge is 2.45. The van der Waals surface area contributed by atoms with Crippen molar-refractivity contribution in [1.82, 2.24) is 15.0 Å². The van der Waals surface area contributed by atoms with Crippen molar-refractivity contribution < 1.29 is 4.57 Å². The van der Waals surface area contributed by atoms with Gasteiger partial charge < -0.3 is 4.57 Å². The first-order valence-corrected chi connectivity index (χ1v) is 20.5. The third-order valence-corrected chi connectivity index (χ3v) is 16.3. The number of fused-ring (bicyclic) bond motifs is 2. The Morgan fingerprint density at radius 1 is 0.426 bits per heavy atom. The fourth-order valence-corrected chi connectivity index (χ4v) is 15.0. The molecule has 6 heteroatoms. The Balaban J connectivity index is 1.29. The fourth-order valence-electron chi connectivity index (χ4n) is 6.74. The molecule has 0 aliphatic carbocycles. The number of rotatable bonds is 5. The third kappa shape index (κ3) is 5.00. The molecule has 1 unspecified atom stereocenters. The predicted molar refractivity (Wildman–Crippen MR) is 198 cm³/mol. The molecule has 0 radical (unpaired) electrons. The summed E-state index contributed by atoms with van der Waals surface area (Å²) in [5, 5.41) is 5.30. The zero-order valence-electron chi connectivity index (χ0n) is 26.2. The largest absolute Gasteiger partial charge is 0.309 e. The summed E-state index contributed by atoms with van der Waals surface area (Å²) >= 11 is 0. The van der Waals surface area contributed by atoms with Crippen molar-refractivity contribution in [2.24, 2.45) is 0 Å². The van der Waals surface area contributed by atoms with E-state index in [4.69, 9.17) is 15.0 Å². The van der Waals surface area contributed by atoms with E-state index < -0.39 is 15.2 Å².